The summed E-state index contributed by atoms with van der Waals surface area (Å²) in [5.74, 6) is -0.153. The number of halogens is 2. The summed E-state index contributed by atoms with van der Waals surface area (Å²) in [5, 5.41) is 4.24. The van der Waals surface area contributed by atoms with Crippen LogP contribution in [0, 0.1) is 5.82 Å². The smallest absolute Gasteiger partial charge is 0.123 e. The maximum absolute atomic E-state index is 13.9. The van der Waals surface area contributed by atoms with Crippen LogP contribution in [0.15, 0.2) is 42.5 Å². The SMILES string of the molecule is NCC[C@@H](c1ccc(Cl)cc1)N1CCC[C@]2(CNc3ccc(F)cc32)C1. The van der Waals surface area contributed by atoms with Gasteiger partial charge in [0.1, 0.15) is 5.82 Å². The van der Waals surface area contributed by atoms with E-state index in [1.807, 2.05) is 18.2 Å². The molecule has 26 heavy (non-hydrogen) atoms. The number of piperidine rings is 1. The summed E-state index contributed by atoms with van der Waals surface area (Å²) in [6.45, 7) is 3.47. The van der Waals surface area contributed by atoms with Crippen LogP contribution in [0.1, 0.15) is 36.4 Å². The van der Waals surface area contributed by atoms with Gasteiger partial charge in [-0.25, -0.2) is 4.39 Å². The highest BCUT2D eigenvalue weighted by Crippen LogP contribution is 2.45. The summed E-state index contributed by atoms with van der Waals surface area (Å²) in [6.07, 6.45) is 3.09. The molecular weight excluding hydrogens is 349 g/mol. The second-order valence-corrected chi connectivity index (χ2v) is 7.98. The van der Waals surface area contributed by atoms with Gasteiger partial charge >= 0.3 is 0 Å². The molecule has 3 N–H and O–H groups in total. The van der Waals surface area contributed by atoms with Crippen LogP contribution < -0.4 is 11.1 Å². The number of likely N-dealkylation sites (tertiary alicyclic amines) is 1. The molecule has 0 unspecified atom stereocenters. The van der Waals surface area contributed by atoms with Crippen molar-refractivity contribution in [1.82, 2.24) is 4.90 Å². The maximum atomic E-state index is 13.9. The Labute approximate surface area is 159 Å². The van der Waals surface area contributed by atoms with E-state index in [2.05, 4.69) is 22.3 Å². The Bertz CT molecular complexity index is 775. The zero-order valence-corrected chi connectivity index (χ0v) is 15.6. The van der Waals surface area contributed by atoms with E-state index >= 15 is 0 Å². The Morgan fingerprint density at radius 2 is 2.04 bits per heavy atom. The van der Waals surface area contributed by atoms with Crippen molar-refractivity contribution in [3.05, 3.63) is 64.4 Å². The number of fused-ring (bicyclic) bond motifs is 2. The number of rotatable bonds is 4. The Morgan fingerprint density at radius 3 is 2.81 bits per heavy atom. The Balaban J connectivity index is 1.64. The predicted octanol–water partition coefficient (Wildman–Crippen LogP) is 4.33. The molecule has 0 saturated carbocycles. The van der Waals surface area contributed by atoms with E-state index in [-0.39, 0.29) is 17.3 Å². The highest BCUT2D eigenvalue weighted by Gasteiger charge is 2.43. The van der Waals surface area contributed by atoms with E-state index in [1.54, 1.807) is 6.07 Å². The van der Waals surface area contributed by atoms with E-state index in [0.717, 1.165) is 55.2 Å². The van der Waals surface area contributed by atoms with Crippen molar-refractivity contribution in [1.29, 1.82) is 0 Å². The molecule has 1 spiro atoms. The van der Waals surface area contributed by atoms with Gasteiger partial charge in [0.15, 0.2) is 0 Å². The molecule has 2 heterocycles. The number of nitrogens with zero attached hydrogens (tertiary/aromatic N) is 1. The largest absolute Gasteiger partial charge is 0.384 e. The van der Waals surface area contributed by atoms with Crippen LogP contribution in [0.2, 0.25) is 5.02 Å². The first-order valence-corrected chi connectivity index (χ1v) is 9.73. The lowest BCUT2D eigenvalue weighted by Gasteiger charge is -2.44. The van der Waals surface area contributed by atoms with Gasteiger partial charge in [-0.2, -0.15) is 0 Å². The second-order valence-electron chi connectivity index (χ2n) is 7.54. The van der Waals surface area contributed by atoms with Crippen molar-refractivity contribution < 1.29 is 4.39 Å². The van der Waals surface area contributed by atoms with Gasteiger partial charge in [0.05, 0.1) is 0 Å². The van der Waals surface area contributed by atoms with Crippen LogP contribution in [-0.4, -0.2) is 31.1 Å². The van der Waals surface area contributed by atoms with Gasteiger partial charge in [-0.15, -0.1) is 0 Å². The van der Waals surface area contributed by atoms with Crippen molar-refractivity contribution in [2.75, 3.05) is 31.5 Å². The van der Waals surface area contributed by atoms with E-state index < -0.39 is 0 Å². The fourth-order valence-electron chi connectivity index (χ4n) is 4.67. The van der Waals surface area contributed by atoms with Gasteiger partial charge in [0.25, 0.3) is 0 Å². The number of nitrogens with one attached hydrogen (secondary N) is 1. The van der Waals surface area contributed by atoms with Gasteiger partial charge in [-0.05, 0) is 73.8 Å². The van der Waals surface area contributed by atoms with Gasteiger partial charge in [0.2, 0.25) is 0 Å². The average Bonchev–Trinajstić information content (AvgIpc) is 2.98. The van der Waals surface area contributed by atoms with E-state index in [9.17, 15) is 4.39 Å². The minimum Gasteiger partial charge on any atom is -0.384 e. The van der Waals surface area contributed by atoms with E-state index in [0.29, 0.717) is 6.54 Å². The lowest BCUT2D eigenvalue weighted by molar-refractivity contribution is 0.105. The third-order valence-electron chi connectivity index (χ3n) is 5.91. The highest BCUT2D eigenvalue weighted by molar-refractivity contribution is 6.30. The standard InChI is InChI=1S/C21H25ClFN3/c22-16-4-2-15(3-5-16)20(8-10-24)26-11-1-9-21(14-26)13-25-19-7-6-17(23)12-18(19)21/h2-7,12,20,25H,1,8-11,13-14,24H2/t20-,21-/m0/s1. The maximum Gasteiger partial charge on any atom is 0.123 e. The molecule has 138 valence electrons. The zero-order chi connectivity index (χ0) is 18.1. The zero-order valence-electron chi connectivity index (χ0n) is 14.8. The van der Waals surface area contributed by atoms with Crippen LogP contribution in [0.25, 0.3) is 0 Å². The molecule has 2 aromatic rings. The van der Waals surface area contributed by atoms with E-state index in [4.69, 9.17) is 17.3 Å². The van der Waals surface area contributed by atoms with Crippen LogP contribution in [0.4, 0.5) is 10.1 Å². The quantitative estimate of drug-likeness (QED) is 0.838. The molecule has 2 aromatic carbocycles. The normalized spacial score (nSPS) is 23.7. The Hall–Kier alpha value is -1.62. The van der Waals surface area contributed by atoms with Crippen LogP contribution in [-0.2, 0) is 5.41 Å². The van der Waals surface area contributed by atoms with Crippen LogP contribution in [0.5, 0.6) is 0 Å². The molecule has 0 bridgehead atoms. The highest BCUT2D eigenvalue weighted by atomic mass is 35.5. The molecule has 0 aliphatic carbocycles. The Morgan fingerprint density at radius 1 is 1.23 bits per heavy atom. The molecule has 2 aliphatic heterocycles. The molecule has 1 fully saturated rings. The van der Waals surface area contributed by atoms with Crippen molar-refractivity contribution in [3.63, 3.8) is 0 Å². The molecule has 2 atom stereocenters. The predicted molar refractivity (Wildman–Crippen MR) is 105 cm³/mol. The van der Waals surface area contributed by atoms with Crippen molar-refractivity contribution >= 4 is 17.3 Å². The number of anilines is 1. The molecule has 0 amide bonds. The van der Waals surface area contributed by atoms with Gasteiger partial charge in [0, 0.05) is 35.3 Å². The topological polar surface area (TPSA) is 41.3 Å². The molecule has 5 heteroatoms. The van der Waals surface area contributed by atoms with E-state index in [1.165, 1.54) is 11.6 Å². The summed E-state index contributed by atoms with van der Waals surface area (Å²) in [7, 11) is 0. The molecule has 0 radical (unpaired) electrons. The van der Waals surface area contributed by atoms with Gasteiger partial charge < -0.3 is 11.1 Å². The molecule has 4 rings (SSSR count). The molecule has 0 aromatic heterocycles. The third kappa shape index (κ3) is 3.22. The fraction of sp³-hybridized carbons (Fsp3) is 0.429. The number of hydrogen-bond acceptors (Lipinski definition) is 3. The summed E-state index contributed by atoms with van der Waals surface area (Å²) >= 11 is 6.07. The first-order chi connectivity index (χ1) is 12.6. The Kier molecular flexibility index (Phi) is 4.91. The van der Waals surface area contributed by atoms with Crippen molar-refractivity contribution in [3.8, 4) is 0 Å². The number of hydrogen-bond donors (Lipinski definition) is 2. The van der Waals surface area contributed by atoms with Crippen LogP contribution >= 0.6 is 11.6 Å². The van der Waals surface area contributed by atoms with Gasteiger partial charge in [-0.3, -0.25) is 4.90 Å². The molecule has 2 aliphatic rings. The van der Waals surface area contributed by atoms with Crippen molar-refractivity contribution in [2.45, 2.75) is 30.7 Å². The first kappa shape index (κ1) is 17.8. The summed E-state index contributed by atoms with van der Waals surface area (Å²) in [4.78, 5) is 2.53. The average molecular weight is 374 g/mol. The molecular formula is C21H25ClFN3. The number of benzene rings is 2. The lowest BCUT2D eigenvalue weighted by Crippen LogP contribution is -2.48. The second kappa shape index (κ2) is 7.18. The summed E-state index contributed by atoms with van der Waals surface area (Å²) < 4.78 is 13.9. The fourth-order valence-corrected chi connectivity index (χ4v) is 4.80. The number of nitrogens with two attached hydrogens (primary N) is 1. The lowest BCUT2D eigenvalue weighted by atomic mass is 9.75. The molecule has 3 nitrogen and oxygen atoms in total. The first-order valence-electron chi connectivity index (χ1n) is 9.35. The molecule has 1 saturated heterocycles. The summed E-state index contributed by atoms with van der Waals surface area (Å²) in [5.41, 5.74) is 9.37. The van der Waals surface area contributed by atoms with Crippen molar-refractivity contribution in [2.24, 2.45) is 5.73 Å². The minimum absolute atomic E-state index is 0.0189. The van der Waals surface area contributed by atoms with Gasteiger partial charge in [-0.1, -0.05) is 23.7 Å². The monoisotopic (exact) mass is 373 g/mol. The summed E-state index contributed by atoms with van der Waals surface area (Å²) in [6, 6.07) is 13.5. The third-order valence-corrected chi connectivity index (χ3v) is 6.16. The van der Waals surface area contributed by atoms with Crippen LogP contribution in [0.3, 0.4) is 0 Å². The minimum atomic E-state index is -0.153.